The van der Waals surface area contributed by atoms with E-state index >= 15 is 0 Å². The van der Waals surface area contributed by atoms with Gasteiger partial charge in [0.15, 0.2) is 11.5 Å². The van der Waals surface area contributed by atoms with Crippen LogP contribution in [0.3, 0.4) is 0 Å². The summed E-state index contributed by atoms with van der Waals surface area (Å²) in [4.78, 5) is 29.0. The predicted octanol–water partition coefficient (Wildman–Crippen LogP) is 7.90. The molecule has 40 heavy (non-hydrogen) atoms. The molecular formula is C30H20BrCl2N3O4. The number of nitrogens with one attached hydrogen (secondary N) is 2. The maximum atomic E-state index is 13.2. The molecule has 10 heteroatoms. The van der Waals surface area contributed by atoms with E-state index in [9.17, 15) is 9.59 Å². The van der Waals surface area contributed by atoms with Gasteiger partial charge in [0, 0.05) is 26.0 Å². The maximum absolute atomic E-state index is 13.2. The number of halogens is 3. The molecule has 0 spiro atoms. The first-order chi connectivity index (χ1) is 19.3. The number of carbonyl (C=O) groups is 2. The number of carbonyl (C=O) groups excluding carboxylic acids is 2. The fraction of sp³-hybridized carbons (Fsp3) is 0.0333. The molecule has 0 radical (unpaired) electrons. The molecule has 0 fully saturated rings. The zero-order chi connectivity index (χ0) is 28.2. The molecule has 4 aromatic carbocycles. The minimum absolute atomic E-state index is 0.167. The Hall–Kier alpha value is -4.11. The molecule has 0 saturated carbocycles. The van der Waals surface area contributed by atoms with Gasteiger partial charge in [-0.15, -0.1) is 0 Å². The number of hydrogen-bond donors (Lipinski definition) is 2. The van der Waals surface area contributed by atoms with Gasteiger partial charge in [0.1, 0.15) is 5.69 Å². The fourth-order valence-electron chi connectivity index (χ4n) is 4.12. The molecule has 200 valence electrons. The highest BCUT2D eigenvalue weighted by molar-refractivity contribution is 9.10. The Morgan fingerprint density at radius 3 is 2.50 bits per heavy atom. The first-order valence-corrected chi connectivity index (χ1v) is 13.4. The lowest BCUT2D eigenvalue weighted by Crippen LogP contribution is -2.18. The predicted molar refractivity (Wildman–Crippen MR) is 161 cm³/mol. The Kier molecular flexibility index (Phi) is 8.21. The first-order valence-electron chi connectivity index (χ1n) is 11.9. The average molecular weight is 637 g/mol. The van der Waals surface area contributed by atoms with Gasteiger partial charge in [-0.05, 0) is 65.7 Å². The minimum atomic E-state index is -0.659. The van der Waals surface area contributed by atoms with Gasteiger partial charge in [-0.3, -0.25) is 4.79 Å². The van der Waals surface area contributed by atoms with Crippen LogP contribution in [0.4, 0.5) is 0 Å². The number of hydrazone groups is 1. The van der Waals surface area contributed by atoms with Crippen molar-refractivity contribution in [3.8, 4) is 22.6 Å². The van der Waals surface area contributed by atoms with Gasteiger partial charge >= 0.3 is 5.97 Å². The van der Waals surface area contributed by atoms with Gasteiger partial charge in [0.05, 0.1) is 23.9 Å². The number of methoxy groups -OCH3 is 1. The van der Waals surface area contributed by atoms with E-state index in [1.54, 1.807) is 24.3 Å². The Labute approximate surface area is 247 Å². The third kappa shape index (κ3) is 5.89. The standard InChI is InChI=1S/C30H20BrCl2N3O4/c1-39-26-13-17(7-12-25(26)40-30(38)21-10-9-20(32)15-23(21)33)16-34-36-29(37)28-27(18-5-3-2-4-6-18)22-14-19(31)8-11-24(22)35-28/h2-16,35H,1H3,(H,36,37). The van der Waals surface area contributed by atoms with Gasteiger partial charge in [0.25, 0.3) is 5.91 Å². The van der Waals surface area contributed by atoms with E-state index in [1.807, 2.05) is 48.5 Å². The number of benzene rings is 4. The van der Waals surface area contributed by atoms with E-state index in [-0.39, 0.29) is 16.3 Å². The van der Waals surface area contributed by atoms with Crippen molar-refractivity contribution in [1.29, 1.82) is 0 Å². The monoisotopic (exact) mass is 635 g/mol. The number of H-pyrrole nitrogens is 1. The van der Waals surface area contributed by atoms with Crippen LogP contribution in [0.5, 0.6) is 11.5 Å². The van der Waals surface area contributed by atoms with Crippen LogP contribution in [-0.2, 0) is 0 Å². The summed E-state index contributed by atoms with van der Waals surface area (Å²) in [6, 6.07) is 24.8. The molecule has 1 heterocycles. The molecule has 0 aliphatic carbocycles. The van der Waals surface area contributed by atoms with Crippen molar-refractivity contribution in [3.63, 3.8) is 0 Å². The zero-order valence-corrected chi connectivity index (χ0v) is 24.0. The van der Waals surface area contributed by atoms with Gasteiger partial charge < -0.3 is 14.5 Å². The summed E-state index contributed by atoms with van der Waals surface area (Å²) in [7, 11) is 1.45. The number of aromatic nitrogens is 1. The van der Waals surface area contributed by atoms with Crippen molar-refractivity contribution < 1.29 is 19.1 Å². The summed E-state index contributed by atoms with van der Waals surface area (Å²) in [5.41, 5.74) is 6.24. The van der Waals surface area contributed by atoms with E-state index in [4.69, 9.17) is 32.7 Å². The lowest BCUT2D eigenvalue weighted by atomic mass is 10.0. The highest BCUT2D eigenvalue weighted by Crippen LogP contribution is 2.34. The van der Waals surface area contributed by atoms with E-state index in [0.29, 0.717) is 22.0 Å². The molecule has 2 N–H and O–H groups in total. The lowest BCUT2D eigenvalue weighted by molar-refractivity contribution is 0.0729. The number of rotatable bonds is 7. The second-order valence-corrected chi connectivity index (χ2v) is 10.3. The number of hydrogen-bond acceptors (Lipinski definition) is 5. The van der Waals surface area contributed by atoms with Crippen LogP contribution >= 0.6 is 39.1 Å². The highest BCUT2D eigenvalue weighted by atomic mass is 79.9. The van der Waals surface area contributed by atoms with Crippen molar-refractivity contribution >= 4 is 68.1 Å². The lowest BCUT2D eigenvalue weighted by Gasteiger charge is -2.10. The van der Waals surface area contributed by atoms with Gasteiger partial charge in [-0.2, -0.15) is 5.10 Å². The number of ether oxygens (including phenoxy) is 2. The van der Waals surface area contributed by atoms with Crippen LogP contribution in [0, 0.1) is 0 Å². The van der Waals surface area contributed by atoms with Crippen molar-refractivity contribution in [2.24, 2.45) is 5.10 Å². The fourth-order valence-corrected chi connectivity index (χ4v) is 4.97. The number of aromatic amines is 1. The average Bonchev–Trinajstić information content (AvgIpc) is 3.32. The number of esters is 1. The summed E-state index contributed by atoms with van der Waals surface area (Å²) in [5.74, 6) is -0.578. The van der Waals surface area contributed by atoms with Crippen molar-refractivity contribution in [1.82, 2.24) is 10.4 Å². The Balaban J connectivity index is 1.35. The topological polar surface area (TPSA) is 92.8 Å². The van der Waals surface area contributed by atoms with Crippen LogP contribution in [-0.4, -0.2) is 30.2 Å². The van der Waals surface area contributed by atoms with Crippen LogP contribution < -0.4 is 14.9 Å². The number of amides is 1. The second-order valence-electron chi connectivity index (χ2n) is 8.55. The molecule has 0 atom stereocenters. The molecule has 0 bridgehead atoms. The Morgan fingerprint density at radius 2 is 1.75 bits per heavy atom. The van der Waals surface area contributed by atoms with E-state index in [0.717, 1.165) is 26.5 Å². The largest absolute Gasteiger partial charge is 0.493 e. The Morgan fingerprint density at radius 1 is 0.950 bits per heavy atom. The molecule has 1 aromatic heterocycles. The first kappa shape index (κ1) is 27.5. The summed E-state index contributed by atoms with van der Waals surface area (Å²) in [5, 5.41) is 5.61. The third-order valence-corrected chi connectivity index (χ3v) is 7.01. The molecule has 0 aliphatic rings. The quantitative estimate of drug-likeness (QED) is 0.0822. The van der Waals surface area contributed by atoms with E-state index in [2.05, 4.69) is 31.4 Å². The van der Waals surface area contributed by atoms with Crippen molar-refractivity contribution in [3.05, 3.63) is 116 Å². The summed E-state index contributed by atoms with van der Waals surface area (Å²) < 4.78 is 11.8. The second kappa shape index (κ2) is 12.0. The van der Waals surface area contributed by atoms with Crippen molar-refractivity contribution in [2.45, 2.75) is 0 Å². The SMILES string of the molecule is COc1cc(C=NNC(=O)c2[nH]c3ccc(Br)cc3c2-c2ccccc2)ccc1OC(=O)c1ccc(Cl)cc1Cl. The molecular weight excluding hydrogens is 617 g/mol. The minimum Gasteiger partial charge on any atom is -0.493 e. The van der Waals surface area contributed by atoms with Crippen LogP contribution in [0.2, 0.25) is 10.0 Å². The molecule has 0 saturated heterocycles. The molecule has 7 nitrogen and oxygen atoms in total. The van der Waals surface area contributed by atoms with Gasteiger partial charge in [-0.1, -0.05) is 69.5 Å². The normalized spacial score (nSPS) is 11.1. The summed E-state index contributed by atoms with van der Waals surface area (Å²) in [6.07, 6.45) is 1.46. The zero-order valence-electron chi connectivity index (χ0n) is 20.9. The Bertz CT molecular complexity index is 1770. The highest BCUT2D eigenvalue weighted by Gasteiger charge is 2.20. The third-order valence-electron chi connectivity index (χ3n) is 5.97. The van der Waals surface area contributed by atoms with Crippen molar-refractivity contribution in [2.75, 3.05) is 7.11 Å². The maximum Gasteiger partial charge on any atom is 0.345 e. The van der Waals surface area contributed by atoms with Gasteiger partial charge in [-0.25, -0.2) is 10.2 Å². The van der Waals surface area contributed by atoms with Crippen LogP contribution in [0.15, 0.2) is 94.5 Å². The molecule has 0 aliphatic heterocycles. The number of fused-ring (bicyclic) bond motifs is 1. The molecule has 0 unspecified atom stereocenters. The van der Waals surface area contributed by atoms with Gasteiger partial charge in [0.2, 0.25) is 0 Å². The van der Waals surface area contributed by atoms with E-state index < -0.39 is 11.9 Å². The van der Waals surface area contributed by atoms with Crippen LogP contribution in [0.25, 0.3) is 22.0 Å². The molecule has 5 aromatic rings. The molecule has 5 rings (SSSR count). The molecule has 1 amide bonds. The number of nitrogens with zero attached hydrogens (tertiary/aromatic N) is 1. The van der Waals surface area contributed by atoms with Crippen LogP contribution in [0.1, 0.15) is 26.4 Å². The summed E-state index contributed by atoms with van der Waals surface area (Å²) >= 11 is 15.5. The summed E-state index contributed by atoms with van der Waals surface area (Å²) in [6.45, 7) is 0. The smallest absolute Gasteiger partial charge is 0.345 e. The van der Waals surface area contributed by atoms with E-state index in [1.165, 1.54) is 25.5 Å².